The Labute approximate surface area is 235 Å². The van der Waals surface area contributed by atoms with Crippen molar-refractivity contribution in [2.24, 2.45) is 0 Å². The van der Waals surface area contributed by atoms with Gasteiger partial charge in [0.25, 0.3) is 0 Å². The Bertz CT molecular complexity index is 1840. The van der Waals surface area contributed by atoms with Crippen molar-refractivity contribution in [3.63, 3.8) is 0 Å². The van der Waals surface area contributed by atoms with Crippen LogP contribution in [0.4, 0.5) is 0 Å². The lowest BCUT2D eigenvalue weighted by Gasteiger charge is -2.32. The third-order valence-electron chi connectivity index (χ3n) is 7.68. The molecule has 40 heavy (non-hydrogen) atoms. The number of hydrogen-bond acceptors (Lipinski definition) is 3. The van der Waals surface area contributed by atoms with Crippen molar-refractivity contribution in [1.82, 2.24) is 0 Å². The minimum absolute atomic E-state index is 0.00129. The standard InChI is InChI=1S/C36H32NO2P/c1-5-14-27(6-2)25(3)37(26(4)28-15-8-7-9-16-28)40-38-33-23-21-29-17-10-12-19-31(29)35(33)36-32-20-13-11-18-30(32)22-24-34(36)39-40/h5-26H,1-2H2,3-4H3/b27-14+/t25?,26-/m0/s1. The van der Waals surface area contributed by atoms with E-state index in [1.807, 2.05) is 24.3 Å². The van der Waals surface area contributed by atoms with Crippen LogP contribution in [0.15, 0.2) is 148 Å². The topological polar surface area (TPSA) is 29.5 Å². The zero-order chi connectivity index (χ0) is 27.6. The molecule has 0 bridgehead atoms. The van der Waals surface area contributed by atoms with Crippen LogP contribution in [0.1, 0.15) is 25.5 Å². The summed E-state index contributed by atoms with van der Waals surface area (Å²) in [6.07, 6.45) is 5.72. The maximum absolute atomic E-state index is 6.98. The van der Waals surface area contributed by atoms with Gasteiger partial charge in [0, 0.05) is 22.9 Å². The summed E-state index contributed by atoms with van der Waals surface area (Å²) in [5.74, 6) is 0. The lowest BCUT2D eigenvalue weighted by atomic mass is 9.99. The van der Waals surface area contributed by atoms with Crippen LogP contribution in [0.25, 0.3) is 43.5 Å². The Balaban J connectivity index is 1.75. The minimum atomic E-state index is -1.59. The molecular formula is C36H32NO2P. The van der Waals surface area contributed by atoms with Gasteiger partial charge in [-0.1, -0.05) is 122 Å². The van der Waals surface area contributed by atoms with E-state index >= 15 is 0 Å². The van der Waals surface area contributed by atoms with Gasteiger partial charge >= 0.3 is 8.16 Å². The average Bonchev–Trinajstić information content (AvgIpc) is 3.17. The molecule has 0 N–H and O–H groups in total. The summed E-state index contributed by atoms with van der Waals surface area (Å²) in [7, 11) is -1.59. The lowest BCUT2D eigenvalue weighted by Crippen LogP contribution is -2.34. The second kappa shape index (κ2) is 11.1. The Morgan fingerprint density at radius 1 is 0.700 bits per heavy atom. The van der Waals surface area contributed by atoms with E-state index in [1.165, 1.54) is 16.3 Å². The van der Waals surface area contributed by atoms with E-state index < -0.39 is 8.16 Å². The number of rotatable bonds is 7. The van der Waals surface area contributed by atoms with Crippen molar-refractivity contribution in [2.75, 3.05) is 4.67 Å². The molecule has 1 heterocycles. The molecule has 3 nitrogen and oxygen atoms in total. The molecule has 0 saturated carbocycles. The third kappa shape index (κ3) is 4.58. The van der Waals surface area contributed by atoms with Crippen LogP contribution >= 0.6 is 8.16 Å². The molecule has 0 aliphatic heterocycles. The van der Waals surface area contributed by atoms with Gasteiger partial charge in [0.2, 0.25) is 0 Å². The highest BCUT2D eigenvalue weighted by atomic mass is 31.1. The van der Waals surface area contributed by atoms with Gasteiger partial charge in [0.05, 0.1) is 0 Å². The Hall–Kier alpha value is -4.30. The van der Waals surface area contributed by atoms with Gasteiger partial charge in [-0.25, -0.2) is 0 Å². The fraction of sp³-hybridized carbons (Fsp3) is 0.111. The van der Waals surface area contributed by atoms with Crippen LogP contribution in [0.3, 0.4) is 0 Å². The first kappa shape index (κ1) is 26.0. The van der Waals surface area contributed by atoms with Crippen LogP contribution in [0.5, 0.6) is 0 Å². The van der Waals surface area contributed by atoms with Gasteiger partial charge < -0.3 is 8.39 Å². The highest BCUT2D eigenvalue weighted by Gasteiger charge is 2.29. The molecule has 198 valence electrons. The molecule has 0 aliphatic rings. The van der Waals surface area contributed by atoms with E-state index in [9.17, 15) is 0 Å². The smallest absolute Gasteiger partial charge is 0.310 e. The summed E-state index contributed by atoms with van der Waals surface area (Å²) in [6, 6.07) is 35.9. The molecule has 1 aromatic heterocycles. The predicted octanol–water partition coefficient (Wildman–Crippen LogP) is 11.0. The molecule has 6 aromatic rings. The van der Waals surface area contributed by atoms with E-state index in [2.05, 4.69) is 129 Å². The maximum atomic E-state index is 6.98. The zero-order valence-electron chi connectivity index (χ0n) is 22.8. The number of hydrogen-bond donors (Lipinski definition) is 0. The van der Waals surface area contributed by atoms with Gasteiger partial charge in [-0.2, -0.15) is 4.67 Å². The number of fused-ring (bicyclic) bond motifs is 7. The minimum Gasteiger partial charge on any atom is -0.408 e. The first-order chi connectivity index (χ1) is 19.6. The molecule has 5 aromatic carbocycles. The largest absolute Gasteiger partial charge is 0.408 e. The first-order valence-corrected chi connectivity index (χ1v) is 14.7. The van der Waals surface area contributed by atoms with Gasteiger partial charge in [0.1, 0.15) is 11.2 Å². The van der Waals surface area contributed by atoms with Gasteiger partial charge in [-0.05, 0) is 58.7 Å². The summed E-state index contributed by atoms with van der Waals surface area (Å²) in [5, 5.41) is 6.77. The molecule has 2 atom stereocenters. The summed E-state index contributed by atoms with van der Waals surface area (Å²) in [6.45, 7) is 12.4. The molecule has 4 heteroatoms. The highest BCUT2D eigenvalue weighted by molar-refractivity contribution is 7.39. The molecule has 6 rings (SSSR count). The maximum Gasteiger partial charge on any atom is 0.310 e. The van der Waals surface area contributed by atoms with Crippen molar-refractivity contribution in [2.45, 2.75) is 25.9 Å². The van der Waals surface area contributed by atoms with Crippen LogP contribution < -0.4 is 4.67 Å². The van der Waals surface area contributed by atoms with Crippen molar-refractivity contribution in [3.05, 3.63) is 146 Å². The molecule has 1 unspecified atom stereocenters. The average molecular weight is 542 g/mol. The van der Waals surface area contributed by atoms with Crippen LogP contribution in [0, 0.1) is 0 Å². The van der Waals surface area contributed by atoms with Gasteiger partial charge in [-0.3, -0.25) is 0 Å². The Morgan fingerprint density at radius 3 is 1.75 bits per heavy atom. The van der Waals surface area contributed by atoms with E-state index in [-0.39, 0.29) is 12.1 Å². The molecular weight excluding hydrogens is 509 g/mol. The van der Waals surface area contributed by atoms with Gasteiger partial charge in [0.15, 0.2) is 0 Å². The fourth-order valence-electron chi connectivity index (χ4n) is 5.62. The molecule has 0 radical (unpaired) electrons. The van der Waals surface area contributed by atoms with E-state index in [4.69, 9.17) is 8.39 Å². The fourth-order valence-corrected chi connectivity index (χ4v) is 7.32. The summed E-state index contributed by atoms with van der Waals surface area (Å²) in [4.78, 5) is 0. The van der Waals surface area contributed by atoms with Gasteiger partial charge in [-0.15, -0.1) is 0 Å². The molecule has 0 fully saturated rings. The molecule has 0 amide bonds. The van der Waals surface area contributed by atoms with E-state index in [0.29, 0.717) is 0 Å². The normalized spacial score (nSPS) is 13.6. The third-order valence-corrected chi connectivity index (χ3v) is 9.45. The Kier molecular flexibility index (Phi) is 7.17. The number of benzene rings is 5. The predicted molar refractivity (Wildman–Crippen MR) is 172 cm³/mol. The molecule has 0 aliphatic carbocycles. The zero-order valence-corrected chi connectivity index (χ0v) is 23.7. The summed E-state index contributed by atoms with van der Waals surface area (Å²) in [5.41, 5.74) is 3.89. The van der Waals surface area contributed by atoms with Crippen LogP contribution in [-0.2, 0) is 0 Å². The quantitative estimate of drug-likeness (QED) is 0.188. The number of nitrogens with zero attached hydrogens (tertiary/aromatic N) is 1. The summed E-state index contributed by atoms with van der Waals surface area (Å²) >= 11 is 0. The van der Waals surface area contributed by atoms with E-state index in [0.717, 1.165) is 38.3 Å². The second-order valence-electron chi connectivity index (χ2n) is 9.99. The highest BCUT2D eigenvalue weighted by Crippen LogP contribution is 2.46. The molecule has 0 saturated heterocycles. The van der Waals surface area contributed by atoms with Crippen molar-refractivity contribution < 1.29 is 8.39 Å². The van der Waals surface area contributed by atoms with E-state index in [1.54, 1.807) is 0 Å². The SMILES string of the molecule is C=C/C=C(\C=C)C(C)N([C@@H](C)c1ccccc1)p1oc2ccc3ccccc3c2c2c(ccc3ccccc32)o1. The molecule has 0 spiro atoms. The van der Waals surface area contributed by atoms with Crippen molar-refractivity contribution >= 4 is 51.6 Å². The number of allylic oxidation sites excluding steroid dienone is 2. The summed E-state index contributed by atoms with van der Waals surface area (Å²) < 4.78 is 16.3. The van der Waals surface area contributed by atoms with Crippen LogP contribution in [-0.4, -0.2) is 6.04 Å². The first-order valence-electron chi connectivity index (χ1n) is 13.6. The monoisotopic (exact) mass is 541 g/mol. The van der Waals surface area contributed by atoms with Crippen molar-refractivity contribution in [3.8, 4) is 0 Å². The van der Waals surface area contributed by atoms with Crippen molar-refractivity contribution in [1.29, 1.82) is 0 Å². The van der Waals surface area contributed by atoms with Crippen LogP contribution in [0.2, 0.25) is 0 Å². The second-order valence-corrected chi connectivity index (χ2v) is 11.3. The lowest BCUT2D eigenvalue weighted by molar-refractivity contribution is 0.575. The Morgan fingerprint density at radius 2 is 1.23 bits per heavy atom.